The van der Waals surface area contributed by atoms with Crippen molar-refractivity contribution in [1.29, 1.82) is 0 Å². The van der Waals surface area contributed by atoms with E-state index in [0.717, 1.165) is 12.1 Å². The molecule has 0 spiro atoms. The molecule has 1 aromatic rings. The molecule has 15 heavy (non-hydrogen) atoms. The van der Waals surface area contributed by atoms with Crippen LogP contribution in [0.3, 0.4) is 0 Å². The Morgan fingerprint density at radius 2 is 1.93 bits per heavy atom. The number of anilines is 1. The fourth-order valence-corrected chi connectivity index (χ4v) is 1.55. The summed E-state index contributed by atoms with van der Waals surface area (Å²) >= 11 is 0. The van der Waals surface area contributed by atoms with Crippen LogP contribution in [-0.2, 0) is 4.79 Å². The van der Waals surface area contributed by atoms with Crippen molar-refractivity contribution in [3.63, 3.8) is 0 Å². The lowest BCUT2D eigenvalue weighted by Gasteiger charge is -2.29. The zero-order valence-corrected chi connectivity index (χ0v) is 9.13. The second-order valence-corrected chi connectivity index (χ2v) is 3.84. The molecule has 1 amide bonds. The van der Waals surface area contributed by atoms with Gasteiger partial charge >= 0.3 is 0 Å². The van der Waals surface area contributed by atoms with E-state index in [2.05, 4.69) is 0 Å². The smallest absolute Gasteiger partial charge is 0.214 e. The molecule has 82 valence electrons. The van der Waals surface area contributed by atoms with Crippen molar-refractivity contribution >= 4 is 12.1 Å². The van der Waals surface area contributed by atoms with Crippen molar-refractivity contribution in [1.82, 2.24) is 0 Å². The molecule has 0 aliphatic heterocycles. The van der Waals surface area contributed by atoms with Crippen LogP contribution in [0.5, 0.6) is 0 Å². The van der Waals surface area contributed by atoms with E-state index in [4.69, 9.17) is 0 Å². The van der Waals surface area contributed by atoms with Crippen LogP contribution in [0.1, 0.15) is 13.8 Å². The Bertz CT molecular complexity index is 298. The fraction of sp³-hybridized carbons (Fsp3) is 0.417. The van der Waals surface area contributed by atoms with Crippen molar-refractivity contribution in [3.05, 3.63) is 30.3 Å². The zero-order chi connectivity index (χ0) is 11.3. The molecule has 0 unspecified atom stereocenters. The number of rotatable bonds is 5. The molecule has 1 atom stereocenters. The summed E-state index contributed by atoms with van der Waals surface area (Å²) in [6.07, 6.45) is 0.774. The van der Waals surface area contributed by atoms with Gasteiger partial charge in [0.2, 0.25) is 6.41 Å². The van der Waals surface area contributed by atoms with Gasteiger partial charge in [-0.05, 0) is 18.1 Å². The second kappa shape index (κ2) is 5.51. The monoisotopic (exact) mass is 207 g/mol. The Kier molecular flexibility index (Phi) is 4.31. The van der Waals surface area contributed by atoms with Crippen molar-refractivity contribution < 1.29 is 9.90 Å². The molecule has 0 fully saturated rings. The Labute approximate surface area is 90.3 Å². The van der Waals surface area contributed by atoms with Crippen LogP contribution in [0, 0.1) is 5.92 Å². The molecule has 0 aromatic heterocycles. The predicted octanol–water partition coefficient (Wildman–Crippen LogP) is 1.67. The fourth-order valence-electron chi connectivity index (χ4n) is 1.55. The van der Waals surface area contributed by atoms with Gasteiger partial charge < -0.3 is 10.0 Å². The number of hydrogen-bond acceptors (Lipinski definition) is 2. The summed E-state index contributed by atoms with van der Waals surface area (Å²) in [7, 11) is 0. The first-order valence-electron chi connectivity index (χ1n) is 5.10. The van der Waals surface area contributed by atoms with Gasteiger partial charge in [0.05, 0.1) is 12.6 Å². The van der Waals surface area contributed by atoms with Gasteiger partial charge in [-0.25, -0.2) is 0 Å². The predicted molar refractivity (Wildman–Crippen MR) is 60.7 cm³/mol. The average molecular weight is 207 g/mol. The van der Waals surface area contributed by atoms with Crippen LogP contribution in [-0.4, -0.2) is 24.2 Å². The summed E-state index contributed by atoms with van der Waals surface area (Å²) in [5.41, 5.74) is 0.820. The Morgan fingerprint density at radius 3 is 2.33 bits per heavy atom. The summed E-state index contributed by atoms with van der Waals surface area (Å²) in [5, 5.41) is 9.26. The van der Waals surface area contributed by atoms with E-state index in [1.165, 1.54) is 0 Å². The molecule has 0 saturated heterocycles. The van der Waals surface area contributed by atoms with Crippen molar-refractivity contribution in [2.75, 3.05) is 11.5 Å². The molecule has 1 rings (SSSR count). The first-order valence-corrected chi connectivity index (χ1v) is 5.10. The van der Waals surface area contributed by atoms with Gasteiger partial charge in [0.1, 0.15) is 0 Å². The van der Waals surface area contributed by atoms with Crippen molar-refractivity contribution in [2.24, 2.45) is 5.92 Å². The summed E-state index contributed by atoms with van der Waals surface area (Å²) in [4.78, 5) is 12.6. The quantitative estimate of drug-likeness (QED) is 0.746. The SMILES string of the molecule is CC(C)[C@@H](CO)N(C=O)c1ccccc1. The van der Waals surface area contributed by atoms with Crippen molar-refractivity contribution in [2.45, 2.75) is 19.9 Å². The minimum atomic E-state index is -0.162. The minimum Gasteiger partial charge on any atom is -0.394 e. The molecule has 0 aliphatic rings. The molecule has 0 aliphatic carbocycles. The van der Waals surface area contributed by atoms with Crippen LogP contribution in [0.25, 0.3) is 0 Å². The average Bonchev–Trinajstić information content (AvgIpc) is 2.26. The number of nitrogens with zero attached hydrogens (tertiary/aromatic N) is 1. The van der Waals surface area contributed by atoms with Gasteiger partial charge in [-0.1, -0.05) is 32.0 Å². The number of para-hydroxylation sites is 1. The van der Waals surface area contributed by atoms with E-state index in [1.807, 2.05) is 44.2 Å². The number of aliphatic hydroxyl groups is 1. The maximum absolute atomic E-state index is 11.0. The number of carbonyl (C=O) groups excluding carboxylic acids is 1. The summed E-state index contributed by atoms with van der Waals surface area (Å²) in [6, 6.07) is 9.21. The molecule has 0 radical (unpaired) electrons. The van der Waals surface area contributed by atoms with Crippen LogP contribution in [0.15, 0.2) is 30.3 Å². The van der Waals surface area contributed by atoms with Crippen LogP contribution >= 0.6 is 0 Å². The normalized spacial score (nSPS) is 12.5. The summed E-state index contributed by atoms with van der Waals surface area (Å²) in [6.45, 7) is 3.95. The molecule has 1 aromatic carbocycles. The van der Waals surface area contributed by atoms with Crippen molar-refractivity contribution in [3.8, 4) is 0 Å². The molecule has 0 bridgehead atoms. The summed E-state index contributed by atoms with van der Waals surface area (Å²) < 4.78 is 0. The van der Waals surface area contributed by atoms with Gasteiger partial charge in [0, 0.05) is 5.69 Å². The van der Waals surface area contributed by atoms with Gasteiger partial charge in [0.25, 0.3) is 0 Å². The number of carbonyl (C=O) groups is 1. The van der Waals surface area contributed by atoms with Gasteiger partial charge in [-0.2, -0.15) is 0 Å². The number of amides is 1. The van der Waals surface area contributed by atoms with E-state index in [0.29, 0.717) is 0 Å². The zero-order valence-electron chi connectivity index (χ0n) is 9.13. The largest absolute Gasteiger partial charge is 0.394 e. The maximum Gasteiger partial charge on any atom is 0.214 e. The Hall–Kier alpha value is -1.35. The molecular formula is C12H17NO2. The molecule has 1 N–H and O–H groups in total. The van der Waals surface area contributed by atoms with Gasteiger partial charge in [-0.3, -0.25) is 4.79 Å². The number of hydrogen-bond donors (Lipinski definition) is 1. The Morgan fingerprint density at radius 1 is 1.33 bits per heavy atom. The third-order valence-corrected chi connectivity index (χ3v) is 2.48. The second-order valence-electron chi connectivity index (χ2n) is 3.84. The van der Waals surface area contributed by atoms with E-state index >= 15 is 0 Å². The van der Waals surface area contributed by atoms with E-state index in [-0.39, 0.29) is 18.6 Å². The van der Waals surface area contributed by atoms with Gasteiger partial charge in [0.15, 0.2) is 0 Å². The lowest BCUT2D eigenvalue weighted by molar-refractivity contribution is -0.108. The van der Waals surface area contributed by atoms with Crippen LogP contribution < -0.4 is 4.90 Å². The highest BCUT2D eigenvalue weighted by molar-refractivity contribution is 5.75. The van der Waals surface area contributed by atoms with Crippen LogP contribution in [0.4, 0.5) is 5.69 Å². The highest BCUT2D eigenvalue weighted by atomic mass is 16.3. The van der Waals surface area contributed by atoms with E-state index < -0.39 is 0 Å². The third kappa shape index (κ3) is 2.80. The highest BCUT2D eigenvalue weighted by Crippen LogP contribution is 2.18. The van der Waals surface area contributed by atoms with Gasteiger partial charge in [-0.15, -0.1) is 0 Å². The first-order chi connectivity index (χ1) is 7.20. The van der Waals surface area contributed by atoms with Crippen LogP contribution in [0.2, 0.25) is 0 Å². The Balaban J connectivity index is 2.92. The molecular weight excluding hydrogens is 190 g/mol. The van der Waals surface area contributed by atoms with E-state index in [9.17, 15) is 9.90 Å². The summed E-state index contributed by atoms with van der Waals surface area (Å²) in [5.74, 6) is 0.223. The third-order valence-electron chi connectivity index (χ3n) is 2.48. The molecule has 3 heteroatoms. The van der Waals surface area contributed by atoms with E-state index in [1.54, 1.807) is 4.90 Å². The first kappa shape index (κ1) is 11.7. The molecule has 0 heterocycles. The maximum atomic E-state index is 11.0. The lowest BCUT2D eigenvalue weighted by Crippen LogP contribution is -2.40. The standard InChI is InChI=1S/C12H17NO2/c1-10(2)12(8-14)13(9-15)11-6-4-3-5-7-11/h3-7,9-10,12,14H,8H2,1-2H3/t12-/m1/s1. The highest BCUT2D eigenvalue weighted by Gasteiger charge is 2.20. The minimum absolute atomic E-state index is 0.0225. The number of aliphatic hydroxyl groups excluding tert-OH is 1. The topological polar surface area (TPSA) is 40.5 Å². The number of benzene rings is 1. The lowest BCUT2D eigenvalue weighted by atomic mass is 10.0. The molecule has 0 saturated carbocycles. The molecule has 3 nitrogen and oxygen atoms in total.